The van der Waals surface area contributed by atoms with Crippen molar-refractivity contribution >= 4 is 10.0 Å². The summed E-state index contributed by atoms with van der Waals surface area (Å²) in [6, 6.07) is 1.95. The molecule has 6 heteroatoms. The highest BCUT2D eigenvalue weighted by Gasteiger charge is 2.29. The summed E-state index contributed by atoms with van der Waals surface area (Å²) in [5, 5.41) is 4.34. The highest BCUT2D eigenvalue weighted by atomic mass is 32.2. The third-order valence-corrected chi connectivity index (χ3v) is 4.61. The van der Waals surface area contributed by atoms with Gasteiger partial charge in [0, 0.05) is 30.4 Å². The third-order valence-electron chi connectivity index (χ3n) is 3.08. The molecule has 1 heterocycles. The van der Waals surface area contributed by atoms with Crippen molar-refractivity contribution in [2.45, 2.75) is 66.5 Å². The van der Waals surface area contributed by atoms with Gasteiger partial charge in [0.1, 0.15) is 0 Å². The zero-order valence-corrected chi connectivity index (χ0v) is 14.5. The van der Waals surface area contributed by atoms with Crippen LogP contribution in [0.1, 0.15) is 54.7 Å². The molecule has 0 saturated carbocycles. The van der Waals surface area contributed by atoms with E-state index in [1.165, 1.54) is 6.26 Å². The second kappa shape index (κ2) is 6.48. The van der Waals surface area contributed by atoms with Gasteiger partial charge in [-0.1, -0.05) is 7.43 Å². The van der Waals surface area contributed by atoms with Gasteiger partial charge in [-0.05, 0) is 47.6 Å². The van der Waals surface area contributed by atoms with Gasteiger partial charge in [-0.15, -0.1) is 0 Å². The van der Waals surface area contributed by atoms with Crippen LogP contribution in [0.5, 0.6) is 0 Å². The zero-order chi connectivity index (χ0) is 15.8. The Labute approximate surface area is 130 Å². The topological polar surface area (TPSA) is 55.2 Å². The maximum Gasteiger partial charge on any atom is 0.211 e. The predicted octanol–water partition coefficient (Wildman–Crippen LogP) is 2.88. The lowest BCUT2D eigenvalue weighted by Crippen LogP contribution is -2.46. The third kappa shape index (κ3) is 5.43. The van der Waals surface area contributed by atoms with E-state index >= 15 is 0 Å². The van der Waals surface area contributed by atoms with Gasteiger partial charge in [-0.2, -0.15) is 9.40 Å². The molecular weight excluding hydrogens is 286 g/mol. The van der Waals surface area contributed by atoms with E-state index in [4.69, 9.17) is 0 Å². The summed E-state index contributed by atoms with van der Waals surface area (Å²) in [6.45, 7) is 12.5. The minimum absolute atomic E-state index is 0. The van der Waals surface area contributed by atoms with Crippen molar-refractivity contribution in [1.29, 1.82) is 0 Å². The smallest absolute Gasteiger partial charge is 0.211 e. The Bertz CT molecular complexity index is 548. The molecule has 0 amide bonds. The first-order valence-electron chi connectivity index (χ1n) is 6.84. The van der Waals surface area contributed by atoms with Crippen LogP contribution in [0.2, 0.25) is 0 Å². The maximum atomic E-state index is 11.9. The van der Waals surface area contributed by atoms with Crippen molar-refractivity contribution in [3.05, 3.63) is 18.0 Å². The van der Waals surface area contributed by atoms with Crippen molar-refractivity contribution in [3.8, 4) is 0 Å². The second-order valence-corrected chi connectivity index (χ2v) is 9.07. The molecule has 1 aromatic heterocycles. The minimum atomic E-state index is -3.22. The van der Waals surface area contributed by atoms with Crippen LogP contribution in [0.4, 0.5) is 0 Å². The lowest BCUT2D eigenvalue weighted by Gasteiger charge is -2.33. The molecule has 0 aliphatic rings. The first-order chi connectivity index (χ1) is 8.83. The standard InChI is InChI=1S/C14H27N3O2S.CH4/c1-13(2,3)16(20(7,18)19)11-9-12-8-10-15-17(12)14(4,5)6;/h8,10H,9,11H2,1-7H3;1H4. The van der Waals surface area contributed by atoms with Crippen LogP contribution in [-0.4, -0.2) is 40.8 Å². The van der Waals surface area contributed by atoms with Crippen molar-refractivity contribution in [1.82, 2.24) is 14.1 Å². The van der Waals surface area contributed by atoms with Crippen LogP contribution in [0.25, 0.3) is 0 Å². The molecule has 1 aromatic rings. The number of sulfonamides is 1. The lowest BCUT2D eigenvalue weighted by molar-refractivity contribution is 0.249. The number of hydrogen-bond acceptors (Lipinski definition) is 3. The van der Waals surface area contributed by atoms with E-state index in [-0.39, 0.29) is 13.0 Å². The molecule has 0 bridgehead atoms. The Morgan fingerprint density at radius 1 is 1.19 bits per heavy atom. The quantitative estimate of drug-likeness (QED) is 0.858. The summed E-state index contributed by atoms with van der Waals surface area (Å²) in [4.78, 5) is 0. The number of aromatic nitrogens is 2. The molecule has 0 aliphatic carbocycles. The molecular formula is C15H31N3O2S. The van der Waals surface area contributed by atoms with Crippen molar-refractivity contribution < 1.29 is 8.42 Å². The van der Waals surface area contributed by atoms with Crippen molar-refractivity contribution in [3.63, 3.8) is 0 Å². The average molecular weight is 317 g/mol. The summed E-state index contributed by atoms with van der Waals surface area (Å²) in [5.41, 5.74) is 0.534. The molecule has 1 rings (SSSR count). The van der Waals surface area contributed by atoms with Crippen LogP contribution in [0.15, 0.2) is 12.3 Å². The highest BCUT2D eigenvalue weighted by molar-refractivity contribution is 7.88. The average Bonchev–Trinajstić information content (AvgIpc) is 2.60. The van der Waals surface area contributed by atoms with E-state index < -0.39 is 15.6 Å². The Morgan fingerprint density at radius 2 is 1.71 bits per heavy atom. The van der Waals surface area contributed by atoms with Crippen LogP contribution < -0.4 is 0 Å². The SMILES string of the molecule is C.CC(C)(C)N(CCc1ccnn1C(C)(C)C)S(C)(=O)=O. The molecule has 0 radical (unpaired) electrons. The van der Waals surface area contributed by atoms with Gasteiger partial charge in [0.25, 0.3) is 0 Å². The van der Waals surface area contributed by atoms with E-state index in [2.05, 4.69) is 25.9 Å². The van der Waals surface area contributed by atoms with E-state index in [0.29, 0.717) is 13.0 Å². The van der Waals surface area contributed by atoms with E-state index in [9.17, 15) is 8.42 Å². The monoisotopic (exact) mass is 317 g/mol. The number of rotatable bonds is 4. The zero-order valence-electron chi connectivity index (χ0n) is 13.6. The Kier molecular flexibility index (Phi) is 6.21. The van der Waals surface area contributed by atoms with Gasteiger partial charge in [0.15, 0.2) is 0 Å². The second-order valence-electron chi connectivity index (χ2n) is 7.16. The fourth-order valence-electron chi connectivity index (χ4n) is 2.34. The van der Waals surface area contributed by atoms with Gasteiger partial charge in [-0.3, -0.25) is 4.68 Å². The molecule has 0 spiro atoms. The Morgan fingerprint density at radius 3 is 2.10 bits per heavy atom. The van der Waals surface area contributed by atoms with Gasteiger partial charge >= 0.3 is 0 Å². The minimum Gasteiger partial charge on any atom is -0.264 e. The Balaban J connectivity index is 0.00000400. The molecule has 0 saturated heterocycles. The van der Waals surface area contributed by atoms with Crippen molar-refractivity contribution in [2.75, 3.05) is 12.8 Å². The fourth-order valence-corrected chi connectivity index (χ4v) is 3.76. The van der Waals surface area contributed by atoms with E-state index in [1.54, 1.807) is 10.5 Å². The molecule has 0 aromatic carbocycles. The van der Waals surface area contributed by atoms with Gasteiger partial charge in [0.2, 0.25) is 10.0 Å². The summed E-state index contributed by atoms with van der Waals surface area (Å²) in [5.74, 6) is 0. The van der Waals surface area contributed by atoms with Gasteiger partial charge in [-0.25, -0.2) is 8.42 Å². The number of nitrogens with zero attached hydrogens (tertiary/aromatic N) is 3. The van der Waals surface area contributed by atoms with Gasteiger partial charge < -0.3 is 0 Å². The summed E-state index contributed by atoms with van der Waals surface area (Å²) >= 11 is 0. The largest absolute Gasteiger partial charge is 0.264 e. The summed E-state index contributed by atoms with van der Waals surface area (Å²) in [6.07, 6.45) is 3.68. The first kappa shape index (κ1) is 20.1. The highest BCUT2D eigenvalue weighted by Crippen LogP contribution is 2.20. The van der Waals surface area contributed by atoms with Crippen LogP contribution >= 0.6 is 0 Å². The molecule has 5 nitrogen and oxygen atoms in total. The molecule has 0 fully saturated rings. The molecule has 124 valence electrons. The molecule has 0 aliphatic heterocycles. The summed E-state index contributed by atoms with van der Waals surface area (Å²) < 4.78 is 27.3. The maximum absolute atomic E-state index is 11.9. The van der Waals surface area contributed by atoms with Crippen LogP contribution in [-0.2, 0) is 22.0 Å². The normalized spacial score (nSPS) is 13.3. The van der Waals surface area contributed by atoms with E-state index in [0.717, 1.165) is 5.69 Å². The van der Waals surface area contributed by atoms with Gasteiger partial charge in [0.05, 0.1) is 11.8 Å². The van der Waals surface area contributed by atoms with Crippen molar-refractivity contribution in [2.24, 2.45) is 0 Å². The summed E-state index contributed by atoms with van der Waals surface area (Å²) in [7, 11) is -3.22. The lowest BCUT2D eigenvalue weighted by atomic mass is 10.1. The predicted molar refractivity (Wildman–Crippen MR) is 89.0 cm³/mol. The van der Waals surface area contributed by atoms with E-state index in [1.807, 2.05) is 31.5 Å². The van der Waals surface area contributed by atoms with Crippen LogP contribution in [0, 0.1) is 0 Å². The molecule has 0 N–H and O–H groups in total. The fraction of sp³-hybridized carbons (Fsp3) is 0.800. The molecule has 0 unspecified atom stereocenters. The Hall–Kier alpha value is -0.880. The molecule has 0 atom stereocenters. The van der Waals surface area contributed by atoms with Crippen LogP contribution in [0.3, 0.4) is 0 Å². The number of hydrogen-bond donors (Lipinski definition) is 0. The first-order valence-corrected chi connectivity index (χ1v) is 8.69. The molecule has 21 heavy (non-hydrogen) atoms.